The molecule has 2 aliphatic rings. The van der Waals surface area contributed by atoms with Crippen molar-refractivity contribution in [2.45, 2.75) is 32.1 Å². The van der Waals surface area contributed by atoms with E-state index >= 15 is 0 Å². The second kappa shape index (κ2) is 11.5. The molecule has 2 saturated heterocycles. The lowest BCUT2D eigenvalue weighted by atomic mass is 9.98. The van der Waals surface area contributed by atoms with Crippen LogP contribution in [0.1, 0.15) is 32.1 Å². The molecule has 4 aromatic rings. The van der Waals surface area contributed by atoms with Crippen LogP contribution in [-0.4, -0.2) is 82.5 Å². The summed E-state index contributed by atoms with van der Waals surface area (Å²) in [5.41, 5.74) is 1.93. The van der Waals surface area contributed by atoms with E-state index in [9.17, 15) is 4.79 Å². The number of anilines is 3. The fourth-order valence-electron chi connectivity index (χ4n) is 5.50. The van der Waals surface area contributed by atoms with Crippen LogP contribution in [0.2, 0.25) is 0 Å². The summed E-state index contributed by atoms with van der Waals surface area (Å²) >= 11 is 1.70. The monoisotopic (exact) mass is 547 g/mol. The van der Waals surface area contributed by atoms with Crippen molar-refractivity contribution in [3.8, 4) is 5.69 Å². The Morgan fingerprint density at radius 1 is 1.00 bits per heavy atom. The van der Waals surface area contributed by atoms with Gasteiger partial charge in [-0.25, -0.2) is 4.98 Å². The van der Waals surface area contributed by atoms with E-state index in [4.69, 9.17) is 14.7 Å². The Morgan fingerprint density at radius 3 is 2.64 bits per heavy atom. The Morgan fingerprint density at radius 2 is 1.82 bits per heavy atom. The summed E-state index contributed by atoms with van der Waals surface area (Å²) < 4.78 is 7.80. The summed E-state index contributed by atoms with van der Waals surface area (Å²) in [5, 5.41) is 14.6. The third-order valence-electron chi connectivity index (χ3n) is 7.63. The largest absolute Gasteiger partial charge is 0.469 e. The zero-order valence-corrected chi connectivity index (χ0v) is 23.0. The maximum atomic E-state index is 11.8. The topological polar surface area (TPSA) is 105 Å². The molecule has 0 bridgehead atoms. The van der Waals surface area contributed by atoms with Crippen molar-refractivity contribution in [3.63, 3.8) is 0 Å². The number of esters is 1. The lowest BCUT2D eigenvalue weighted by Crippen LogP contribution is -2.48. The van der Waals surface area contributed by atoms with Gasteiger partial charge in [-0.15, -0.1) is 11.3 Å². The highest BCUT2D eigenvalue weighted by atomic mass is 32.1. The van der Waals surface area contributed by atoms with Crippen molar-refractivity contribution >= 4 is 45.2 Å². The minimum Gasteiger partial charge on any atom is -0.469 e. The first kappa shape index (κ1) is 25.5. The van der Waals surface area contributed by atoms with Gasteiger partial charge in [-0.1, -0.05) is 29.7 Å². The zero-order valence-electron chi connectivity index (χ0n) is 22.1. The van der Waals surface area contributed by atoms with E-state index < -0.39 is 0 Å². The SMILES string of the molecule is COC(=O)CCC1CCCCN(c2nc(N3CCN(c4nnnn4-c4ccccc4)CC3)nc3ccsc23)C1. The zero-order chi connectivity index (χ0) is 26.6. The van der Waals surface area contributed by atoms with Gasteiger partial charge < -0.3 is 19.4 Å². The van der Waals surface area contributed by atoms with Crippen molar-refractivity contribution in [1.82, 2.24) is 30.2 Å². The van der Waals surface area contributed by atoms with Gasteiger partial charge in [0.05, 0.1) is 23.0 Å². The van der Waals surface area contributed by atoms with E-state index in [1.807, 2.05) is 30.3 Å². The lowest BCUT2D eigenvalue weighted by Gasteiger charge is -2.35. The van der Waals surface area contributed by atoms with Crippen LogP contribution in [0.5, 0.6) is 0 Å². The second-order valence-electron chi connectivity index (χ2n) is 10.1. The van der Waals surface area contributed by atoms with Crippen molar-refractivity contribution < 1.29 is 9.53 Å². The standard InChI is InChI=1S/C27H33N9O2S/c1-38-23(37)11-10-20-7-5-6-13-35(19-20)25-24-22(12-18-39-24)28-26(29-25)33-14-16-34(17-15-33)27-30-31-32-36(27)21-8-3-2-4-9-21/h2-4,8-9,12,18,20H,5-7,10-11,13-17,19H2,1H3. The van der Waals surface area contributed by atoms with Gasteiger partial charge in [0, 0.05) is 45.7 Å². The number of benzene rings is 1. The van der Waals surface area contributed by atoms with Crippen LogP contribution in [0.15, 0.2) is 41.8 Å². The van der Waals surface area contributed by atoms with Gasteiger partial charge >= 0.3 is 5.97 Å². The Hall–Kier alpha value is -3.80. The minimum absolute atomic E-state index is 0.132. The van der Waals surface area contributed by atoms with E-state index in [1.165, 1.54) is 7.11 Å². The molecule has 204 valence electrons. The van der Waals surface area contributed by atoms with E-state index in [0.29, 0.717) is 12.3 Å². The quantitative estimate of drug-likeness (QED) is 0.319. The van der Waals surface area contributed by atoms with Crippen LogP contribution in [0.4, 0.5) is 17.7 Å². The van der Waals surface area contributed by atoms with Crippen LogP contribution in [0.3, 0.4) is 0 Å². The number of piperazine rings is 1. The average molecular weight is 548 g/mol. The maximum absolute atomic E-state index is 11.8. The molecule has 1 unspecified atom stereocenters. The molecule has 0 spiro atoms. The molecule has 0 saturated carbocycles. The molecule has 12 heteroatoms. The molecule has 0 aliphatic carbocycles. The Kier molecular flexibility index (Phi) is 7.53. The number of thiophene rings is 1. The first-order valence-electron chi connectivity index (χ1n) is 13.6. The van der Waals surface area contributed by atoms with E-state index in [1.54, 1.807) is 16.0 Å². The van der Waals surface area contributed by atoms with Gasteiger partial charge in [0.1, 0.15) is 0 Å². The van der Waals surface area contributed by atoms with Crippen LogP contribution >= 0.6 is 11.3 Å². The lowest BCUT2D eigenvalue weighted by molar-refractivity contribution is -0.140. The third kappa shape index (κ3) is 5.51. The predicted molar refractivity (Wildman–Crippen MR) is 152 cm³/mol. The molecule has 2 aliphatic heterocycles. The number of para-hydroxylation sites is 1. The van der Waals surface area contributed by atoms with Crippen molar-refractivity contribution in [2.24, 2.45) is 5.92 Å². The molecule has 3 aromatic heterocycles. The number of hydrogen-bond acceptors (Lipinski definition) is 11. The Balaban J connectivity index is 1.19. The first-order valence-corrected chi connectivity index (χ1v) is 14.5. The van der Waals surface area contributed by atoms with Gasteiger partial charge in [0.15, 0.2) is 5.82 Å². The number of rotatable bonds is 7. The number of nitrogens with zero attached hydrogens (tertiary/aromatic N) is 9. The first-order chi connectivity index (χ1) is 19.2. The molecule has 11 nitrogen and oxygen atoms in total. The Bertz CT molecular complexity index is 1400. The molecule has 39 heavy (non-hydrogen) atoms. The van der Waals surface area contributed by atoms with Crippen molar-refractivity contribution in [3.05, 3.63) is 41.8 Å². The number of fused-ring (bicyclic) bond motifs is 1. The molecular weight excluding hydrogens is 514 g/mol. The number of methoxy groups -OCH3 is 1. The fraction of sp³-hybridized carbons (Fsp3) is 0.481. The number of carbonyl (C=O) groups excluding carboxylic acids is 1. The number of aromatic nitrogens is 6. The summed E-state index contributed by atoms with van der Waals surface area (Å²) in [6.45, 7) is 4.96. The summed E-state index contributed by atoms with van der Waals surface area (Å²) in [5.74, 6) is 2.85. The van der Waals surface area contributed by atoms with Crippen LogP contribution in [-0.2, 0) is 9.53 Å². The predicted octanol–water partition coefficient (Wildman–Crippen LogP) is 3.55. The fourth-order valence-corrected chi connectivity index (χ4v) is 6.34. The molecule has 0 N–H and O–H groups in total. The molecule has 2 fully saturated rings. The summed E-state index contributed by atoms with van der Waals surface area (Å²) in [6.07, 6.45) is 4.73. The van der Waals surface area contributed by atoms with Crippen molar-refractivity contribution in [2.75, 3.05) is 61.1 Å². The molecular formula is C27H33N9O2S. The van der Waals surface area contributed by atoms with E-state index in [2.05, 4.69) is 41.7 Å². The second-order valence-corrected chi connectivity index (χ2v) is 11.0. The number of carbonyl (C=O) groups is 1. The van der Waals surface area contributed by atoms with E-state index in [0.717, 1.165) is 98.6 Å². The van der Waals surface area contributed by atoms with E-state index in [-0.39, 0.29) is 5.97 Å². The van der Waals surface area contributed by atoms with Gasteiger partial charge in [-0.05, 0) is 59.2 Å². The summed E-state index contributed by atoms with van der Waals surface area (Å²) in [7, 11) is 1.46. The van der Waals surface area contributed by atoms with Crippen LogP contribution in [0, 0.1) is 5.92 Å². The number of ether oxygens (including phenoxy) is 1. The molecule has 0 radical (unpaired) electrons. The molecule has 5 heterocycles. The molecule has 6 rings (SSSR count). The van der Waals surface area contributed by atoms with Crippen molar-refractivity contribution in [1.29, 1.82) is 0 Å². The van der Waals surface area contributed by atoms with Gasteiger partial charge in [-0.2, -0.15) is 9.67 Å². The molecule has 0 amide bonds. The average Bonchev–Trinajstić information content (AvgIpc) is 3.61. The van der Waals surface area contributed by atoms with Crippen LogP contribution in [0.25, 0.3) is 15.9 Å². The Labute approximate surface area is 231 Å². The highest BCUT2D eigenvalue weighted by Crippen LogP contribution is 2.34. The minimum atomic E-state index is -0.132. The molecule has 1 aromatic carbocycles. The maximum Gasteiger partial charge on any atom is 0.305 e. The smallest absolute Gasteiger partial charge is 0.305 e. The molecule has 1 atom stereocenters. The summed E-state index contributed by atoms with van der Waals surface area (Å²) in [4.78, 5) is 28.8. The number of hydrogen-bond donors (Lipinski definition) is 0. The highest BCUT2D eigenvalue weighted by Gasteiger charge is 2.27. The van der Waals surface area contributed by atoms with Gasteiger partial charge in [0.25, 0.3) is 0 Å². The van der Waals surface area contributed by atoms with Crippen LogP contribution < -0.4 is 14.7 Å². The third-order valence-corrected chi connectivity index (χ3v) is 8.53. The summed E-state index contributed by atoms with van der Waals surface area (Å²) in [6, 6.07) is 12.1. The normalized spacial score (nSPS) is 18.4. The van der Waals surface area contributed by atoms with Gasteiger partial charge in [-0.3, -0.25) is 4.79 Å². The highest BCUT2D eigenvalue weighted by molar-refractivity contribution is 7.17. The number of tetrazole rings is 1. The van der Waals surface area contributed by atoms with Gasteiger partial charge in [0.2, 0.25) is 11.9 Å².